The standard InChI is InChI=1S/C23H21BrN2O/c1-3-15-17(11-7-13-19(15)24)20-22(27)21(26-23(20)25-2)18-12-6-9-14-8-4-5-10-16(14)18/h4-13,21,25-26H,3H2,1-2H3. The number of benzene rings is 3. The monoisotopic (exact) mass is 420 g/mol. The Bertz CT molecular complexity index is 1070. The fraction of sp³-hybridized carbons (Fsp3) is 0.174. The van der Waals surface area contributed by atoms with Gasteiger partial charge in [0.05, 0.1) is 5.57 Å². The molecule has 0 amide bonds. The van der Waals surface area contributed by atoms with E-state index in [1.54, 1.807) is 0 Å². The molecule has 1 heterocycles. The minimum atomic E-state index is -0.391. The van der Waals surface area contributed by atoms with E-state index in [0.717, 1.165) is 49.8 Å². The zero-order chi connectivity index (χ0) is 19.0. The van der Waals surface area contributed by atoms with Crippen LogP contribution in [0.5, 0.6) is 0 Å². The number of rotatable bonds is 4. The fourth-order valence-electron chi connectivity index (χ4n) is 3.89. The van der Waals surface area contributed by atoms with Gasteiger partial charge in [0.2, 0.25) is 0 Å². The van der Waals surface area contributed by atoms with E-state index in [-0.39, 0.29) is 5.78 Å². The number of carbonyl (C=O) groups excluding carboxylic acids is 1. The third-order valence-electron chi connectivity index (χ3n) is 5.17. The molecule has 0 radical (unpaired) electrons. The Labute approximate surface area is 167 Å². The molecule has 0 spiro atoms. The summed E-state index contributed by atoms with van der Waals surface area (Å²) >= 11 is 3.63. The second-order valence-corrected chi connectivity index (χ2v) is 7.48. The van der Waals surface area contributed by atoms with E-state index < -0.39 is 6.04 Å². The molecule has 0 bridgehead atoms. The van der Waals surface area contributed by atoms with Crippen molar-refractivity contribution in [2.24, 2.45) is 0 Å². The van der Waals surface area contributed by atoms with Gasteiger partial charge in [0.1, 0.15) is 11.9 Å². The largest absolute Gasteiger partial charge is 0.374 e. The summed E-state index contributed by atoms with van der Waals surface area (Å²) in [6.45, 7) is 2.11. The highest BCUT2D eigenvalue weighted by Crippen LogP contribution is 2.37. The second-order valence-electron chi connectivity index (χ2n) is 6.63. The topological polar surface area (TPSA) is 41.1 Å². The lowest BCUT2D eigenvalue weighted by molar-refractivity contribution is -0.114. The number of halogens is 1. The van der Waals surface area contributed by atoms with Crippen LogP contribution in [0.4, 0.5) is 0 Å². The predicted octanol–water partition coefficient (Wildman–Crippen LogP) is 4.97. The molecular weight excluding hydrogens is 400 g/mol. The molecule has 3 aromatic carbocycles. The van der Waals surface area contributed by atoms with Crippen LogP contribution in [-0.4, -0.2) is 12.8 Å². The van der Waals surface area contributed by atoms with E-state index in [2.05, 4.69) is 51.7 Å². The molecule has 136 valence electrons. The molecule has 1 unspecified atom stereocenters. The van der Waals surface area contributed by atoms with Crippen LogP contribution in [0.2, 0.25) is 0 Å². The molecule has 0 fully saturated rings. The summed E-state index contributed by atoms with van der Waals surface area (Å²) in [6.07, 6.45) is 0.851. The molecule has 4 heteroatoms. The zero-order valence-corrected chi connectivity index (χ0v) is 16.9. The first-order chi connectivity index (χ1) is 13.2. The summed E-state index contributed by atoms with van der Waals surface area (Å²) in [4.78, 5) is 13.5. The molecule has 1 aliphatic rings. The molecule has 3 aromatic rings. The summed E-state index contributed by atoms with van der Waals surface area (Å²) in [5.74, 6) is 0.884. The third kappa shape index (κ3) is 2.94. The molecule has 3 nitrogen and oxygen atoms in total. The highest BCUT2D eigenvalue weighted by atomic mass is 79.9. The van der Waals surface area contributed by atoms with Crippen LogP contribution >= 0.6 is 15.9 Å². The molecular formula is C23H21BrN2O. The summed E-state index contributed by atoms with van der Waals surface area (Å²) in [5, 5.41) is 8.86. The zero-order valence-electron chi connectivity index (χ0n) is 15.3. The first-order valence-corrected chi connectivity index (χ1v) is 9.93. The fourth-order valence-corrected chi connectivity index (χ4v) is 4.53. The first kappa shape index (κ1) is 17.8. The summed E-state index contributed by atoms with van der Waals surface area (Å²) < 4.78 is 1.03. The van der Waals surface area contributed by atoms with Crippen LogP contribution in [0, 0.1) is 0 Å². The smallest absolute Gasteiger partial charge is 0.193 e. The lowest BCUT2D eigenvalue weighted by Gasteiger charge is -2.15. The average molecular weight is 421 g/mol. The van der Waals surface area contributed by atoms with Crippen LogP contribution in [0.25, 0.3) is 16.3 Å². The van der Waals surface area contributed by atoms with Crippen molar-refractivity contribution in [3.8, 4) is 0 Å². The van der Waals surface area contributed by atoms with Crippen molar-refractivity contribution in [1.29, 1.82) is 0 Å². The first-order valence-electron chi connectivity index (χ1n) is 9.14. The third-order valence-corrected chi connectivity index (χ3v) is 5.92. The highest BCUT2D eigenvalue weighted by molar-refractivity contribution is 9.10. The molecule has 0 saturated heterocycles. The normalized spacial score (nSPS) is 16.7. The molecule has 27 heavy (non-hydrogen) atoms. The summed E-state index contributed by atoms with van der Waals surface area (Å²) in [7, 11) is 1.85. The van der Waals surface area contributed by atoms with Crippen molar-refractivity contribution >= 4 is 38.1 Å². The number of nitrogens with one attached hydrogen (secondary N) is 2. The van der Waals surface area contributed by atoms with Crippen LogP contribution in [0.15, 0.2) is 71.0 Å². The van der Waals surface area contributed by atoms with E-state index in [0.29, 0.717) is 0 Å². The van der Waals surface area contributed by atoms with Gasteiger partial charge in [-0.05, 0) is 39.9 Å². The minimum absolute atomic E-state index is 0.100. The molecule has 2 N–H and O–H groups in total. The van der Waals surface area contributed by atoms with Crippen molar-refractivity contribution in [2.45, 2.75) is 19.4 Å². The van der Waals surface area contributed by atoms with Crippen molar-refractivity contribution in [2.75, 3.05) is 7.05 Å². The SMILES string of the molecule is CCc1c(Br)cccc1C1=C(NC)NC(c2cccc3ccccc23)C1=O. The van der Waals surface area contributed by atoms with Gasteiger partial charge in [-0.1, -0.05) is 77.5 Å². The van der Waals surface area contributed by atoms with Gasteiger partial charge in [-0.15, -0.1) is 0 Å². The van der Waals surface area contributed by atoms with Gasteiger partial charge >= 0.3 is 0 Å². The Morgan fingerprint density at radius 3 is 2.56 bits per heavy atom. The number of Topliss-reactive ketones (excluding diaryl/α,β-unsaturated/α-hetero) is 1. The maximum Gasteiger partial charge on any atom is 0.193 e. The van der Waals surface area contributed by atoms with E-state index in [1.807, 2.05) is 49.5 Å². The van der Waals surface area contributed by atoms with E-state index in [1.165, 1.54) is 0 Å². The number of ketones is 1. The Hall–Kier alpha value is -2.59. The van der Waals surface area contributed by atoms with E-state index in [9.17, 15) is 4.79 Å². The van der Waals surface area contributed by atoms with Gasteiger partial charge in [-0.25, -0.2) is 0 Å². The Morgan fingerprint density at radius 1 is 1.04 bits per heavy atom. The lowest BCUT2D eigenvalue weighted by atomic mass is 9.91. The highest BCUT2D eigenvalue weighted by Gasteiger charge is 2.36. The predicted molar refractivity (Wildman–Crippen MR) is 114 cm³/mol. The molecule has 1 atom stereocenters. The van der Waals surface area contributed by atoms with Crippen molar-refractivity contribution in [3.63, 3.8) is 0 Å². The summed E-state index contributed by atoms with van der Waals surface area (Å²) in [6, 6.07) is 20.0. The average Bonchev–Trinajstić information content (AvgIpc) is 3.03. The van der Waals surface area contributed by atoms with Crippen LogP contribution in [-0.2, 0) is 11.2 Å². The number of fused-ring (bicyclic) bond motifs is 1. The lowest BCUT2D eigenvalue weighted by Crippen LogP contribution is -2.24. The Balaban J connectivity index is 1.84. The van der Waals surface area contributed by atoms with Gasteiger partial charge in [0.25, 0.3) is 0 Å². The Kier molecular flexibility index (Phi) is 4.75. The molecule has 0 aliphatic carbocycles. The Morgan fingerprint density at radius 2 is 1.78 bits per heavy atom. The van der Waals surface area contributed by atoms with Gasteiger partial charge in [0, 0.05) is 11.5 Å². The van der Waals surface area contributed by atoms with Crippen LogP contribution < -0.4 is 10.6 Å². The van der Waals surface area contributed by atoms with Gasteiger partial charge < -0.3 is 10.6 Å². The minimum Gasteiger partial charge on any atom is -0.374 e. The summed E-state index contributed by atoms with van der Waals surface area (Å²) in [5.41, 5.74) is 3.87. The molecule has 1 aliphatic heterocycles. The maximum absolute atomic E-state index is 13.5. The van der Waals surface area contributed by atoms with Gasteiger partial charge in [-0.2, -0.15) is 0 Å². The van der Waals surface area contributed by atoms with Crippen LogP contribution in [0.1, 0.15) is 29.7 Å². The van der Waals surface area contributed by atoms with Gasteiger partial charge in [0.15, 0.2) is 5.78 Å². The maximum atomic E-state index is 13.5. The van der Waals surface area contributed by atoms with Crippen molar-refractivity contribution in [3.05, 3.63) is 87.6 Å². The number of carbonyl (C=O) groups is 1. The van der Waals surface area contributed by atoms with Crippen molar-refractivity contribution < 1.29 is 4.79 Å². The van der Waals surface area contributed by atoms with Gasteiger partial charge in [-0.3, -0.25) is 4.79 Å². The molecule has 4 rings (SSSR count). The molecule has 0 aromatic heterocycles. The van der Waals surface area contributed by atoms with E-state index >= 15 is 0 Å². The van der Waals surface area contributed by atoms with E-state index in [4.69, 9.17) is 0 Å². The number of hydrogen-bond donors (Lipinski definition) is 2. The van der Waals surface area contributed by atoms with Crippen LogP contribution in [0.3, 0.4) is 0 Å². The number of hydrogen-bond acceptors (Lipinski definition) is 3. The molecule has 0 saturated carbocycles. The quantitative estimate of drug-likeness (QED) is 0.625. The van der Waals surface area contributed by atoms with Crippen molar-refractivity contribution in [1.82, 2.24) is 10.6 Å². The second kappa shape index (κ2) is 7.20.